The molecule has 1 fully saturated rings. The number of nitro groups is 1. The Bertz CT molecular complexity index is 1080. The number of nitrogens with zero attached hydrogens (tertiary/aromatic N) is 3. The first-order chi connectivity index (χ1) is 14.2. The second-order valence-electron chi connectivity index (χ2n) is 6.68. The van der Waals surface area contributed by atoms with E-state index in [1.165, 1.54) is 58.6 Å². The molecule has 1 aliphatic heterocycles. The van der Waals surface area contributed by atoms with Crippen molar-refractivity contribution in [1.82, 2.24) is 9.21 Å². The lowest BCUT2D eigenvalue weighted by Gasteiger charge is -2.34. The summed E-state index contributed by atoms with van der Waals surface area (Å²) in [6.07, 6.45) is 0. The molecule has 0 atom stereocenters. The molecule has 2 aromatic carbocycles. The summed E-state index contributed by atoms with van der Waals surface area (Å²) in [5.41, 5.74) is 0.186. The molecule has 1 heterocycles. The third-order valence-electron chi connectivity index (χ3n) is 4.67. The molecule has 0 aromatic heterocycles. The highest BCUT2D eigenvalue weighted by Crippen LogP contribution is 2.23. The number of nitro benzene ring substituents is 1. The quantitative estimate of drug-likeness (QED) is 0.565. The monoisotopic (exact) mass is 432 g/mol. The van der Waals surface area contributed by atoms with E-state index >= 15 is 0 Å². The molecule has 2 aromatic rings. The molecule has 1 aliphatic rings. The average Bonchev–Trinajstić information content (AvgIpc) is 2.73. The Labute approximate surface area is 173 Å². The van der Waals surface area contributed by atoms with Crippen LogP contribution in [0.2, 0.25) is 0 Å². The van der Waals surface area contributed by atoms with Crippen molar-refractivity contribution in [1.29, 1.82) is 0 Å². The Kier molecular flexibility index (Phi) is 6.13. The molecule has 10 nitrogen and oxygen atoms in total. The third-order valence-corrected chi connectivity index (χ3v) is 6.58. The first-order valence-electron chi connectivity index (χ1n) is 9.10. The summed E-state index contributed by atoms with van der Waals surface area (Å²) in [5.74, 6) is -0.760. The SMILES string of the molecule is CC(=O)Nc1ccc(S(=O)(=O)N2CCN(C(=O)c3ccccc3[N+](=O)[O-])CC2)cc1. The molecular weight excluding hydrogens is 412 g/mol. The summed E-state index contributed by atoms with van der Waals surface area (Å²) in [6.45, 7) is 1.74. The van der Waals surface area contributed by atoms with Crippen molar-refractivity contribution in [2.75, 3.05) is 31.5 Å². The van der Waals surface area contributed by atoms with E-state index in [-0.39, 0.29) is 48.2 Å². The first-order valence-corrected chi connectivity index (χ1v) is 10.5. The van der Waals surface area contributed by atoms with Crippen molar-refractivity contribution in [2.24, 2.45) is 0 Å². The van der Waals surface area contributed by atoms with Crippen molar-refractivity contribution in [2.45, 2.75) is 11.8 Å². The summed E-state index contributed by atoms with van der Waals surface area (Å²) < 4.78 is 27.0. The van der Waals surface area contributed by atoms with Crippen LogP contribution in [0.25, 0.3) is 0 Å². The highest BCUT2D eigenvalue weighted by atomic mass is 32.2. The van der Waals surface area contributed by atoms with Gasteiger partial charge in [-0.05, 0) is 30.3 Å². The van der Waals surface area contributed by atoms with Gasteiger partial charge in [-0.25, -0.2) is 8.42 Å². The van der Waals surface area contributed by atoms with Crippen LogP contribution in [0.15, 0.2) is 53.4 Å². The zero-order valence-electron chi connectivity index (χ0n) is 16.1. The highest BCUT2D eigenvalue weighted by molar-refractivity contribution is 7.89. The second kappa shape index (κ2) is 8.59. The van der Waals surface area contributed by atoms with Crippen LogP contribution in [-0.2, 0) is 14.8 Å². The Morgan fingerprint density at radius 2 is 1.60 bits per heavy atom. The molecule has 1 saturated heterocycles. The maximum Gasteiger partial charge on any atom is 0.282 e. The van der Waals surface area contributed by atoms with Crippen LogP contribution in [0.5, 0.6) is 0 Å². The molecule has 3 rings (SSSR count). The second-order valence-corrected chi connectivity index (χ2v) is 8.61. The number of carbonyl (C=O) groups is 2. The summed E-state index contributed by atoms with van der Waals surface area (Å²) >= 11 is 0. The number of sulfonamides is 1. The van der Waals surface area contributed by atoms with Crippen LogP contribution >= 0.6 is 0 Å². The van der Waals surface area contributed by atoms with Crippen LogP contribution in [0, 0.1) is 10.1 Å². The van der Waals surface area contributed by atoms with Crippen molar-refractivity contribution in [3.63, 3.8) is 0 Å². The van der Waals surface area contributed by atoms with Gasteiger partial charge in [0, 0.05) is 44.9 Å². The predicted octanol–water partition coefficient (Wildman–Crippen LogP) is 1.70. The van der Waals surface area contributed by atoms with Gasteiger partial charge < -0.3 is 10.2 Å². The minimum atomic E-state index is -3.77. The number of amides is 2. The van der Waals surface area contributed by atoms with E-state index in [4.69, 9.17) is 0 Å². The Balaban J connectivity index is 1.69. The molecular formula is C19H20N4O6S. The topological polar surface area (TPSA) is 130 Å². The summed E-state index contributed by atoms with van der Waals surface area (Å²) in [7, 11) is -3.77. The zero-order chi connectivity index (χ0) is 21.9. The van der Waals surface area contributed by atoms with Gasteiger partial charge in [0.1, 0.15) is 5.56 Å². The van der Waals surface area contributed by atoms with Gasteiger partial charge in [0.25, 0.3) is 11.6 Å². The number of hydrogen-bond acceptors (Lipinski definition) is 6. The maximum absolute atomic E-state index is 12.9. The van der Waals surface area contributed by atoms with Crippen LogP contribution in [-0.4, -0.2) is 60.5 Å². The van der Waals surface area contributed by atoms with E-state index in [2.05, 4.69) is 5.32 Å². The van der Waals surface area contributed by atoms with Gasteiger partial charge in [0.05, 0.1) is 9.82 Å². The first kappa shape index (κ1) is 21.4. The van der Waals surface area contributed by atoms with Crippen molar-refractivity contribution >= 4 is 33.2 Å². The third kappa shape index (κ3) is 4.47. The number of anilines is 1. The fourth-order valence-corrected chi connectivity index (χ4v) is 4.60. The number of hydrogen-bond donors (Lipinski definition) is 1. The fraction of sp³-hybridized carbons (Fsp3) is 0.263. The van der Waals surface area contributed by atoms with Crippen molar-refractivity contribution in [3.8, 4) is 0 Å². The minimum Gasteiger partial charge on any atom is -0.336 e. The lowest BCUT2D eigenvalue weighted by atomic mass is 10.1. The zero-order valence-corrected chi connectivity index (χ0v) is 17.0. The van der Waals surface area contributed by atoms with E-state index in [1.807, 2.05) is 0 Å². The Morgan fingerprint density at radius 3 is 2.17 bits per heavy atom. The number of nitrogens with one attached hydrogen (secondary N) is 1. The van der Waals surface area contributed by atoms with E-state index in [0.717, 1.165) is 0 Å². The van der Waals surface area contributed by atoms with Gasteiger partial charge in [-0.3, -0.25) is 19.7 Å². The molecule has 2 amide bonds. The Morgan fingerprint density at radius 1 is 1.00 bits per heavy atom. The van der Waals surface area contributed by atoms with Gasteiger partial charge in [0.2, 0.25) is 15.9 Å². The van der Waals surface area contributed by atoms with Gasteiger partial charge in [-0.15, -0.1) is 0 Å². The van der Waals surface area contributed by atoms with E-state index < -0.39 is 20.9 Å². The molecule has 0 radical (unpaired) electrons. The summed E-state index contributed by atoms with van der Waals surface area (Å²) in [5, 5.41) is 13.7. The molecule has 30 heavy (non-hydrogen) atoms. The molecule has 11 heteroatoms. The number of piperazine rings is 1. The standard InChI is InChI=1S/C19H20N4O6S/c1-14(24)20-15-6-8-16(9-7-15)30(28,29)22-12-10-21(11-13-22)19(25)17-4-2-3-5-18(17)23(26)27/h2-9H,10-13H2,1H3,(H,20,24). The number of benzene rings is 2. The molecule has 0 aliphatic carbocycles. The summed E-state index contributed by atoms with van der Waals surface area (Å²) in [6, 6.07) is 11.5. The smallest absolute Gasteiger partial charge is 0.282 e. The maximum atomic E-state index is 12.9. The molecule has 0 saturated carbocycles. The average molecular weight is 432 g/mol. The van der Waals surface area contributed by atoms with Gasteiger partial charge in [-0.2, -0.15) is 4.31 Å². The van der Waals surface area contributed by atoms with Crippen molar-refractivity contribution in [3.05, 3.63) is 64.2 Å². The van der Waals surface area contributed by atoms with E-state index in [1.54, 1.807) is 6.07 Å². The fourth-order valence-electron chi connectivity index (χ4n) is 3.18. The van der Waals surface area contributed by atoms with Gasteiger partial charge >= 0.3 is 0 Å². The van der Waals surface area contributed by atoms with Gasteiger partial charge in [-0.1, -0.05) is 12.1 Å². The predicted molar refractivity (Wildman–Crippen MR) is 109 cm³/mol. The molecule has 0 spiro atoms. The van der Waals surface area contributed by atoms with Gasteiger partial charge in [0.15, 0.2) is 0 Å². The van der Waals surface area contributed by atoms with Crippen LogP contribution in [0.4, 0.5) is 11.4 Å². The molecule has 0 unspecified atom stereocenters. The van der Waals surface area contributed by atoms with Crippen molar-refractivity contribution < 1.29 is 22.9 Å². The Hall–Kier alpha value is -3.31. The molecule has 0 bridgehead atoms. The molecule has 158 valence electrons. The minimum absolute atomic E-state index is 0.0210. The normalized spacial score (nSPS) is 14.9. The van der Waals surface area contributed by atoms with Crippen LogP contribution in [0.1, 0.15) is 17.3 Å². The highest BCUT2D eigenvalue weighted by Gasteiger charge is 2.32. The van der Waals surface area contributed by atoms with E-state index in [0.29, 0.717) is 5.69 Å². The van der Waals surface area contributed by atoms with E-state index in [9.17, 15) is 28.1 Å². The van der Waals surface area contributed by atoms with Crippen LogP contribution in [0.3, 0.4) is 0 Å². The molecule has 1 N–H and O–H groups in total. The number of para-hydroxylation sites is 1. The lowest BCUT2D eigenvalue weighted by molar-refractivity contribution is -0.385. The summed E-state index contributed by atoms with van der Waals surface area (Å²) in [4.78, 5) is 35.8. The number of rotatable bonds is 5. The number of carbonyl (C=O) groups excluding carboxylic acids is 2. The largest absolute Gasteiger partial charge is 0.336 e. The lowest BCUT2D eigenvalue weighted by Crippen LogP contribution is -2.50. The van der Waals surface area contributed by atoms with Crippen LogP contribution < -0.4 is 5.32 Å².